The number of hydrogen-bond acceptors (Lipinski definition) is 0. The van der Waals surface area contributed by atoms with Crippen LogP contribution in [0.4, 0.5) is 0 Å². The molecule has 3 aliphatic rings. The Hall–Kier alpha value is 0.729. The van der Waals surface area contributed by atoms with Crippen LogP contribution in [0.5, 0.6) is 0 Å². The summed E-state index contributed by atoms with van der Waals surface area (Å²) in [4.78, 5) is 0. The average molecular weight is 345 g/mol. The SMILES string of the molecule is C1CC[CH]([Sn+]([CH]2CCCC2)[CH]2CCCC2)C1.[F-]. The van der Waals surface area contributed by atoms with Gasteiger partial charge in [-0.15, -0.1) is 0 Å². The molecule has 3 saturated carbocycles. The monoisotopic (exact) mass is 346 g/mol. The predicted molar refractivity (Wildman–Crippen MR) is 72.4 cm³/mol. The first-order chi connectivity index (χ1) is 7.95. The second-order valence-electron chi connectivity index (χ2n) is 6.44. The molecule has 0 N–H and O–H groups in total. The summed E-state index contributed by atoms with van der Waals surface area (Å²) in [5, 5.41) is 0. The average Bonchev–Trinajstić information content (AvgIpc) is 3.02. The van der Waals surface area contributed by atoms with Crippen molar-refractivity contribution in [1.29, 1.82) is 0 Å². The van der Waals surface area contributed by atoms with Crippen molar-refractivity contribution in [3.63, 3.8) is 0 Å². The third kappa shape index (κ3) is 3.19. The summed E-state index contributed by atoms with van der Waals surface area (Å²) in [6.07, 6.45) is 19.6. The molecule has 0 aromatic carbocycles. The molecule has 3 rings (SSSR count). The molecule has 0 bridgehead atoms. The molecular weight excluding hydrogens is 318 g/mol. The van der Waals surface area contributed by atoms with E-state index in [-0.39, 0.29) is 4.70 Å². The summed E-state index contributed by atoms with van der Waals surface area (Å²) in [7, 11) is 0. The normalized spacial score (nSPS) is 27.5. The van der Waals surface area contributed by atoms with E-state index >= 15 is 0 Å². The Kier molecular flexibility index (Phi) is 5.63. The van der Waals surface area contributed by atoms with Gasteiger partial charge in [0.25, 0.3) is 0 Å². The molecule has 0 aromatic heterocycles. The van der Waals surface area contributed by atoms with Crippen molar-refractivity contribution in [2.75, 3.05) is 0 Å². The first kappa shape index (κ1) is 14.1. The van der Waals surface area contributed by atoms with Gasteiger partial charge in [-0.25, -0.2) is 0 Å². The van der Waals surface area contributed by atoms with E-state index in [1.165, 1.54) is 11.8 Å². The topological polar surface area (TPSA) is 0 Å². The minimum atomic E-state index is -1.04. The zero-order chi connectivity index (χ0) is 10.8. The van der Waals surface area contributed by atoms with Gasteiger partial charge in [-0.05, 0) is 0 Å². The molecule has 0 aromatic rings. The van der Waals surface area contributed by atoms with E-state index < -0.39 is 19.8 Å². The van der Waals surface area contributed by atoms with Crippen LogP contribution in [0.3, 0.4) is 0 Å². The summed E-state index contributed by atoms with van der Waals surface area (Å²) < 4.78 is 4.02. The van der Waals surface area contributed by atoms with E-state index in [4.69, 9.17) is 0 Å². The zero-order valence-corrected chi connectivity index (χ0v) is 13.9. The van der Waals surface area contributed by atoms with Crippen molar-refractivity contribution in [2.24, 2.45) is 0 Å². The van der Waals surface area contributed by atoms with Crippen LogP contribution in [-0.2, 0) is 0 Å². The van der Waals surface area contributed by atoms with Crippen molar-refractivity contribution < 1.29 is 4.70 Å². The Morgan fingerprint density at radius 1 is 0.471 bits per heavy atom. The van der Waals surface area contributed by atoms with Gasteiger partial charge in [0.1, 0.15) is 0 Å². The van der Waals surface area contributed by atoms with Crippen LogP contribution in [0.15, 0.2) is 0 Å². The Morgan fingerprint density at radius 3 is 0.941 bits per heavy atom. The van der Waals surface area contributed by atoms with E-state index in [9.17, 15) is 0 Å². The van der Waals surface area contributed by atoms with Crippen molar-refractivity contribution in [3.8, 4) is 0 Å². The molecule has 3 aliphatic carbocycles. The third-order valence-electron chi connectivity index (χ3n) is 5.48. The Morgan fingerprint density at radius 2 is 0.706 bits per heavy atom. The molecule has 2 heteroatoms. The van der Waals surface area contributed by atoms with E-state index in [1.807, 2.05) is 0 Å². The molecule has 0 spiro atoms. The van der Waals surface area contributed by atoms with Crippen LogP contribution in [0.25, 0.3) is 0 Å². The van der Waals surface area contributed by atoms with Gasteiger partial charge < -0.3 is 4.70 Å². The molecule has 3 fully saturated rings. The zero-order valence-electron chi connectivity index (χ0n) is 11.1. The van der Waals surface area contributed by atoms with Gasteiger partial charge in [0.15, 0.2) is 0 Å². The maximum atomic E-state index is 1.67. The minimum Gasteiger partial charge on any atom is -1.00 e. The fraction of sp³-hybridized carbons (Fsp3) is 1.00. The van der Waals surface area contributed by atoms with E-state index in [2.05, 4.69) is 0 Å². The van der Waals surface area contributed by atoms with Crippen LogP contribution in [0.2, 0.25) is 11.8 Å². The third-order valence-corrected chi connectivity index (χ3v) is 18.5. The Labute approximate surface area is 113 Å². The largest absolute Gasteiger partial charge is 1.00 e. The molecule has 98 valence electrons. The first-order valence-corrected chi connectivity index (χ1v) is 12.8. The predicted octanol–water partition coefficient (Wildman–Crippen LogP) is 2.32. The summed E-state index contributed by atoms with van der Waals surface area (Å²) in [5.74, 6) is 0. The van der Waals surface area contributed by atoms with Gasteiger partial charge in [0.2, 0.25) is 0 Å². The fourth-order valence-electron chi connectivity index (χ4n) is 4.78. The van der Waals surface area contributed by atoms with Crippen LogP contribution in [0, 0.1) is 0 Å². The maximum absolute atomic E-state index is 1.67. The Balaban J connectivity index is 0.00000108. The van der Waals surface area contributed by atoms with Gasteiger partial charge >= 0.3 is 109 Å². The van der Waals surface area contributed by atoms with Crippen molar-refractivity contribution >= 4 is 19.8 Å². The molecule has 0 heterocycles. The summed E-state index contributed by atoms with van der Waals surface area (Å²) >= 11 is -1.04. The number of rotatable bonds is 3. The van der Waals surface area contributed by atoms with Crippen LogP contribution in [0.1, 0.15) is 77.0 Å². The number of halogens is 1. The van der Waals surface area contributed by atoms with E-state index in [0.717, 1.165) is 0 Å². The van der Waals surface area contributed by atoms with Gasteiger partial charge in [-0.2, -0.15) is 0 Å². The molecule has 0 unspecified atom stereocenters. The van der Waals surface area contributed by atoms with Crippen molar-refractivity contribution in [2.45, 2.75) is 88.9 Å². The quantitative estimate of drug-likeness (QED) is 0.689. The molecule has 0 nitrogen and oxygen atoms in total. The molecule has 0 saturated heterocycles. The fourth-order valence-corrected chi connectivity index (χ4v) is 19.7. The maximum Gasteiger partial charge on any atom is -1.00 e. The second-order valence-corrected chi connectivity index (χ2v) is 16.3. The summed E-state index contributed by atoms with van der Waals surface area (Å²) in [6, 6.07) is 0. The molecule has 0 radical (unpaired) electrons. The second kappa shape index (κ2) is 6.77. The molecule has 0 aliphatic heterocycles. The smallest absolute Gasteiger partial charge is 1.00 e. The molecular formula is C15H27FSn. The van der Waals surface area contributed by atoms with E-state index in [0.29, 0.717) is 0 Å². The van der Waals surface area contributed by atoms with Crippen molar-refractivity contribution in [1.82, 2.24) is 0 Å². The first-order valence-electron chi connectivity index (χ1n) is 7.82. The van der Waals surface area contributed by atoms with Crippen LogP contribution >= 0.6 is 0 Å². The molecule has 0 atom stereocenters. The van der Waals surface area contributed by atoms with Crippen LogP contribution < -0.4 is 4.70 Å². The Bertz CT molecular complexity index is 175. The minimum absolute atomic E-state index is 0. The van der Waals surface area contributed by atoms with Crippen molar-refractivity contribution in [3.05, 3.63) is 0 Å². The van der Waals surface area contributed by atoms with Gasteiger partial charge in [0.05, 0.1) is 0 Å². The van der Waals surface area contributed by atoms with Crippen LogP contribution in [-0.4, -0.2) is 19.8 Å². The van der Waals surface area contributed by atoms with Gasteiger partial charge in [0, 0.05) is 0 Å². The standard InChI is InChI=1S/3C5H9.FH.Sn/c3*1-2-4-5-3-1;;/h3*1H,2-5H2;1H;/q;;;;+1/p-1. The molecule has 0 amide bonds. The van der Waals surface area contributed by atoms with E-state index in [1.54, 1.807) is 77.0 Å². The summed E-state index contributed by atoms with van der Waals surface area (Å²) in [5.41, 5.74) is 0. The summed E-state index contributed by atoms with van der Waals surface area (Å²) in [6.45, 7) is 0. The number of hydrogen-bond donors (Lipinski definition) is 0. The molecule has 17 heavy (non-hydrogen) atoms. The van der Waals surface area contributed by atoms with Gasteiger partial charge in [-0.3, -0.25) is 0 Å². The van der Waals surface area contributed by atoms with Gasteiger partial charge in [-0.1, -0.05) is 0 Å².